The van der Waals surface area contributed by atoms with Gasteiger partial charge in [-0.25, -0.2) is 0 Å². The molecular formula is C7H7P5. The van der Waals surface area contributed by atoms with E-state index in [9.17, 15) is 0 Å². The molecule has 60 valence electrons. The van der Waals surface area contributed by atoms with Crippen molar-refractivity contribution < 1.29 is 0 Å². The van der Waals surface area contributed by atoms with Gasteiger partial charge in [-0.05, 0) is 54.0 Å². The van der Waals surface area contributed by atoms with Crippen LogP contribution in [0.15, 0.2) is 41.4 Å². The maximum atomic E-state index is 2.21. The van der Waals surface area contributed by atoms with E-state index >= 15 is 0 Å². The van der Waals surface area contributed by atoms with Crippen LogP contribution in [0.25, 0.3) is 0 Å². The first-order chi connectivity index (χ1) is 6.00. The maximum Gasteiger partial charge on any atom is -0.00581 e. The molecular weight excluding hydrogens is 239 g/mol. The van der Waals surface area contributed by atoms with Crippen LogP contribution >= 0.6 is 39.0 Å². The van der Waals surface area contributed by atoms with Crippen LogP contribution in [0.2, 0.25) is 0 Å². The van der Waals surface area contributed by atoms with E-state index in [2.05, 4.69) is 23.2 Å². The van der Waals surface area contributed by atoms with Crippen LogP contribution < -0.4 is 0 Å². The average Bonchev–Trinajstić information content (AvgIpc) is 2.24. The Morgan fingerprint density at radius 1 is 0.583 bits per heavy atom. The summed E-state index contributed by atoms with van der Waals surface area (Å²) in [6.07, 6.45) is 0. The molecule has 2 rings (SSSR count). The third kappa shape index (κ3) is 6.14. The minimum atomic E-state index is 1.31. The zero-order chi connectivity index (χ0) is 8.49. The summed E-state index contributed by atoms with van der Waals surface area (Å²) >= 11 is 0. The molecule has 0 aromatic carbocycles. The van der Waals surface area contributed by atoms with Crippen molar-refractivity contribution in [3.8, 4) is 0 Å². The summed E-state index contributed by atoms with van der Waals surface area (Å²) in [5.41, 5.74) is 0. The normalized spacial score (nSPS) is 10.7. The molecule has 0 atom stereocenters. The monoisotopic (exact) mass is 246 g/mol. The molecule has 12 heavy (non-hydrogen) atoms. The van der Waals surface area contributed by atoms with Crippen LogP contribution in [0.3, 0.4) is 0 Å². The summed E-state index contributed by atoms with van der Waals surface area (Å²) in [4.78, 5) is 0. The van der Waals surface area contributed by atoms with Crippen molar-refractivity contribution >= 4 is 39.0 Å². The molecule has 5 heteroatoms. The van der Waals surface area contributed by atoms with Crippen molar-refractivity contribution in [2.75, 3.05) is 0 Å². The summed E-state index contributed by atoms with van der Waals surface area (Å²) in [7, 11) is 7.33. The minimum Gasteiger partial charge on any atom is -0.0765 e. The zero-order valence-electron chi connectivity index (χ0n) is 6.28. The smallest absolute Gasteiger partial charge is 0.00581 e. The molecule has 2 aromatic rings. The van der Waals surface area contributed by atoms with Gasteiger partial charge in [-0.3, -0.25) is 0 Å². The lowest BCUT2D eigenvalue weighted by Crippen LogP contribution is -1.39. The van der Waals surface area contributed by atoms with Gasteiger partial charge < -0.3 is 0 Å². The van der Waals surface area contributed by atoms with Crippen LogP contribution in [0.4, 0.5) is 0 Å². The van der Waals surface area contributed by atoms with Gasteiger partial charge >= 0.3 is 0 Å². The molecule has 0 unspecified atom stereocenters. The Kier molecular flexibility index (Phi) is 7.29. The third-order valence-electron chi connectivity index (χ3n) is 0.910. The van der Waals surface area contributed by atoms with E-state index in [1.54, 1.807) is 15.1 Å². The van der Waals surface area contributed by atoms with Gasteiger partial charge in [0.15, 0.2) is 0 Å². The summed E-state index contributed by atoms with van der Waals surface area (Å²) < 4.78 is 0. The maximum absolute atomic E-state index is 2.21. The molecule has 0 saturated heterocycles. The van der Waals surface area contributed by atoms with Crippen molar-refractivity contribution in [2.24, 2.45) is 0 Å². The van der Waals surface area contributed by atoms with Gasteiger partial charge in [0, 0.05) is 0 Å². The van der Waals surface area contributed by atoms with Crippen LogP contribution in [-0.2, 0) is 0 Å². The van der Waals surface area contributed by atoms with Crippen molar-refractivity contribution in [2.45, 2.75) is 0 Å². The van der Waals surface area contributed by atoms with Crippen molar-refractivity contribution in [1.29, 1.82) is 0 Å². The standard InChI is InChI=1S/C5H5P.C2H2P4/c2*1-2-4-6-5-3-1/h1-5H;1-2H. The lowest BCUT2D eigenvalue weighted by Gasteiger charge is -1.69. The largest absolute Gasteiger partial charge is 0.0765 e. The fourth-order valence-corrected chi connectivity index (χ4v) is 7.77. The van der Waals surface area contributed by atoms with Gasteiger partial charge in [-0.1, -0.05) is 26.4 Å². The Morgan fingerprint density at radius 3 is 1.33 bits per heavy atom. The predicted octanol–water partition coefficient (Wildman–Crippen LogP) is 6.27. The highest BCUT2D eigenvalue weighted by Gasteiger charge is 1.61. The van der Waals surface area contributed by atoms with Crippen LogP contribution in [0.5, 0.6) is 0 Å². The molecule has 2 aromatic heterocycles. The molecule has 0 aliphatic rings. The Labute approximate surface area is 80.7 Å². The predicted molar refractivity (Wildman–Crippen MR) is 65.4 cm³/mol. The van der Waals surface area contributed by atoms with Gasteiger partial charge in [0.05, 0.1) is 0 Å². The van der Waals surface area contributed by atoms with Gasteiger partial charge in [-0.15, -0.1) is 0 Å². The SMILES string of the molecule is c1ccpcc1.c1cpppp1. The average molecular weight is 246 g/mol. The summed E-state index contributed by atoms with van der Waals surface area (Å²) in [5, 5.41) is 0. The third-order valence-corrected chi connectivity index (χ3v) is 9.08. The molecule has 0 aliphatic carbocycles. The number of hydrogen-bond donors (Lipinski definition) is 0. The van der Waals surface area contributed by atoms with E-state index in [1.807, 2.05) is 18.2 Å². The van der Waals surface area contributed by atoms with E-state index in [0.717, 1.165) is 0 Å². The Bertz CT molecular complexity index is 187. The molecule has 0 bridgehead atoms. The minimum absolute atomic E-state index is 1.31. The van der Waals surface area contributed by atoms with Crippen LogP contribution in [-0.4, -0.2) is 0 Å². The topological polar surface area (TPSA) is 0 Å². The fourth-order valence-electron chi connectivity index (χ4n) is 0.478. The van der Waals surface area contributed by atoms with Crippen LogP contribution in [0, 0.1) is 0 Å². The molecule has 0 spiro atoms. The molecule has 0 radical (unpaired) electrons. The second-order valence-electron chi connectivity index (χ2n) is 1.73. The van der Waals surface area contributed by atoms with E-state index in [0.29, 0.717) is 0 Å². The molecule has 0 aliphatic heterocycles. The highest BCUT2D eigenvalue weighted by atomic mass is 32.3. The molecule has 0 nitrogen and oxygen atoms in total. The number of hydrogen-bond acceptors (Lipinski definition) is 0. The second-order valence-corrected chi connectivity index (χ2v) is 9.72. The Morgan fingerprint density at radius 2 is 1.17 bits per heavy atom. The summed E-state index contributed by atoms with van der Waals surface area (Å²) in [6, 6.07) is 6.11. The highest BCUT2D eigenvalue weighted by molar-refractivity contribution is 8.29. The number of rotatable bonds is 0. The second kappa shape index (κ2) is 8.20. The molecule has 0 fully saturated rings. The van der Waals surface area contributed by atoms with E-state index in [4.69, 9.17) is 0 Å². The lowest BCUT2D eigenvalue weighted by molar-refractivity contribution is 1.89. The van der Waals surface area contributed by atoms with Crippen molar-refractivity contribution in [3.63, 3.8) is 0 Å². The molecule has 2 heterocycles. The first-order valence-electron chi connectivity index (χ1n) is 3.30. The van der Waals surface area contributed by atoms with E-state index < -0.39 is 0 Å². The van der Waals surface area contributed by atoms with E-state index in [-0.39, 0.29) is 0 Å². The van der Waals surface area contributed by atoms with E-state index in [1.165, 1.54) is 23.9 Å². The first kappa shape index (κ1) is 10.7. The molecule has 0 amide bonds. The quantitative estimate of drug-likeness (QED) is 0.513. The van der Waals surface area contributed by atoms with Crippen molar-refractivity contribution in [1.82, 2.24) is 0 Å². The summed E-state index contributed by atoms with van der Waals surface area (Å²) in [5.74, 6) is 8.61. The molecule has 0 N–H and O–H groups in total. The molecule has 0 saturated carbocycles. The van der Waals surface area contributed by atoms with Crippen LogP contribution in [0.1, 0.15) is 0 Å². The lowest BCUT2D eigenvalue weighted by atomic mass is 10.6. The zero-order valence-corrected chi connectivity index (χ0v) is 10.7. The van der Waals surface area contributed by atoms with Gasteiger partial charge in [0.2, 0.25) is 0 Å². The van der Waals surface area contributed by atoms with Gasteiger partial charge in [0.25, 0.3) is 0 Å². The van der Waals surface area contributed by atoms with Crippen molar-refractivity contribution in [3.05, 3.63) is 41.4 Å². The highest BCUT2D eigenvalue weighted by Crippen LogP contribution is 2.35. The van der Waals surface area contributed by atoms with Gasteiger partial charge in [-0.2, -0.15) is 0 Å². The Hall–Kier alpha value is 0.590. The fraction of sp³-hybridized carbons (Fsp3) is 0. The summed E-state index contributed by atoms with van der Waals surface area (Å²) in [6.45, 7) is 0. The Balaban J connectivity index is 0.000000120. The van der Waals surface area contributed by atoms with Gasteiger partial charge in [0.1, 0.15) is 0 Å². The first-order valence-corrected chi connectivity index (χ1v) is 10.2.